The zero-order valence-electron chi connectivity index (χ0n) is 29.0. The van der Waals surface area contributed by atoms with E-state index in [2.05, 4.69) is 5.32 Å². The molecule has 20 heteroatoms. The molecule has 2 heterocycles. The lowest BCUT2D eigenvalue weighted by molar-refractivity contribution is -0.385. The molecule has 0 radical (unpaired) electrons. The fourth-order valence-corrected chi connectivity index (χ4v) is 6.74. The number of thioether (sulfide) groups is 1. The van der Waals surface area contributed by atoms with Crippen LogP contribution in [0.3, 0.4) is 0 Å². The van der Waals surface area contributed by atoms with Crippen molar-refractivity contribution in [3.05, 3.63) is 131 Å². The van der Waals surface area contributed by atoms with Crippen LogP contribution < -0.4 is 5.32 Å². The van der Waals surface area contributed by atoms with Gasteiger partial charge >= 0.3 is 18.2 Å². The van der Waals surface area contributed by atoms with Gasteiger partial charge in [0.2, 0.25) is 5.91 Å². The topological polar surface area (TPSA) is 250 Å². The highest BCUT2D eigenvalue weighted by atomic mass is 32.2. The number of nitrogens with one attached hydrogen (secondary N) is 1. The Balaban J connectivity index is 1.15. The Hall–Kier alpha value is -6.57. The standard InChI is InChI=1S/C35H33N5O14S/c1-21(54-35(44)53-19-24-6-12-28(13-7-24)40(49)50)30-29-16-25(20-55-15-14-36-34(43)52-18-23-4-10-27(11-5-23)39(47)48)31(37(29)32(30)41)33(42)51-17-22-2-8-26(9-3-22)38(45)46/h2-13,21,29-30H,14-20H2,1H3,(H,36,43)/t21-,29-,30-/m1/s1. The van der Waals surface area contributed by atoms with Gasteiger partial charge in [-0.1, -0.05) is 0 Å². The average Bonchev–Trinajstić information content (AvgIpc) is 3.49. The number of amides is 2. The number of carbonyl (C=O) groups excluding carboxylic acids is 4. The number of nitrogens with zero attached hydrogens (tertiary/aromatic N) is 4. The van der Waals surface area contributed by atoms with Crippen molar-refractivity contribution in [1.82, 2.24) is 10.2 Å². The van der Waals surface area contributed by atoms with Gasteiger partial charge in [0.15, 0.2) is 0 Å². The van der Waals surface area contributed by atoms with Gasteiger partial charge in [-0.05, 0) is 72.0 Å². The molecule has 0 spiro atoms. The SMILES string of the molecule is C[C@@H](OC(=O)OCc1ccc([N+](=O)[O-])cc1)[C@H]1C(=O)N2C(C(=O)OCc3ccc([N+](=O)[O-])cc3)=C(CSCCNC(=O)OCc3ccc([N+](=O)[O-])cc3)C[C@H]12. The number of hydrogen-bond donors (Lipinski definition) is 1. The summed E-state index contributed by atoms with van der Waals surface area (Å²) in [7, 11) is 0. The monoisotopic (exact) mass is 779 g/mol. The molecule has 3 aromatic rings. The molecule has 2 amide bonds. The molecule has 0 unspecified atom stereocenters. The molecule has 288 valence electrons. The summed E-state index contributed by atoms with van der Waals surface area (Å²) in [6, 6.07) is 15.9. The van der Waals surface area contributed by atoms with Crippen molar-refractivity contribution in [2.24, 2.45) is 5.92 Å². The molecule has 2 aliphatic rings. The fraction of sp³-hybridized carbons (Fsp3) is 0.314. The van der Waals surface area contributed by atoms with Crippen LogP contribution in [0.2, 0.25) is 0 Å². The number of esters is 1. The van der Waals surface area contributed by atoms with Crippen LogP contribution in [0, 0.1) is 36.3 Å². The Morgan fingerprint density at radius 2 is 1.25 bits per heavy atom. The number of non-ortho nitro benzene ring substituents is 3. The third-order valence-electron chi connectivity index (χ3n) is 8.61. The summed E-state index contributed by atoms with van der Waals surface area (Å²) in [4.78, 5) is 83.9. The molecule has 5 rings (SSSR count). The first kappa shape index (κ1) is 39.6. The van der Waals surface area contributed by atoms with E-state index in [1.54, 1.807) is 0 Å². The van der Waals surface area contributed by atoms with E-state index in [4.69, 9.17) is 18.9 Å². The minimum atomic E-state index is -1.06. The van der Waals surface area contributed by atoms with E-state index in [1.807, 2.05) is 0 Å². The summed E-state index contributed by atoms with van der Waals surface area (Å²) < 4.78 is 21.2. The molecule has 2 aliphatic heterocycles. The van der Waals surface area contributed by atoms with Crippen molar-refractivity contribution < 1.29 is 52.9 Å². The Morgan fingerprint density at radius 3 is 1.75 bits per heavy atom. The number of rotatable bonds is 17. The highest BCUT2D eigenvalue weighted by Crippen LogP contribution is 2.45. The van der Waals surface area contributed by atoms with E-state index < -0.39 is 57.0 Å². The number of nitro groups is 3. The van der Waals surface area contributed by atoms with Crippen molar-refractivity contribution in [2.75, 3.05) is 18.1 Å². The minimum absolute atomic E-state index is 0.0454. The maximum Gasteiger partial charge on any atom is 0.508 e. The largest absolute Gasteiger partial charge is 0.508 e. The van der Waals surface area contributed by atoms with Gasteiger partial charge < -0.3 is 29.2 Å². The van der Waals surface area contributed by atoms with E-state index in [9.17, 15) is 49.5 Å². The lowest BCUT2D eigenvalue weighted by Crippen LogP contribution is -2.62. The van der Waals surface area contributed by atoms with Gasteiger partial charge in [-0.25, -0.2) is 14.4 Å². The summed E-state index contributed by atoms with van der Waals surface area (Å²) in [5, 5.41) is 35.3. The fourth-order valence-electron chi connectivity index (χ4n) is 5.85. The molecule has 1 fully saturated rings. The first-order valence-electron chi connectivity index (χ1n) is 16.6. The number of alkyl carbamates (subject to hydrolysis) is 1. The molecular weight excluding hydrogens is 746 g/mol. The van der Waals surface area contributed by atoms with E-state index in [-0.39, 0.29) is 61.3 Å². The number of carbonyl (C=O) groups is 4. The number of fused-ring (bicyclic) bond motifs is 1. The second-order valence-electron chi connectivity index (χ2n) is 12.2. The summed E-state index contributed by atoms with van der Waals surface area (Å²) in [6.45, 7) is 1.18. The molecule has 3 aromatic carbocycles. The van der Waals surface area contributed by atoms with Crippen LogP contribution in [-0.2, 0) is 48.4 Å². The molecule has 19 nitrogen and oxygen atoms in total. The third kappa shape index (κ3) is 10.1. The smallest absolute Gasteiger partial charge is 0.456 e. The number of β-lactam (4-membered cyclic amide) rings is 1. The molecule has 0 saturated carbocycles. The van der Waals surface area contributed by atoms with Gasteiger partial charge in [0.05, 0.1) is 26.7 Å². The number of ether oxygens (including phenoxy) is 4. The van der Waals surface area contributed by atoms with Crippen LogP contribution in [0.5, 0.6) is 0 Å². The summed E-state index contributed by atoms with van der Waals surface area (Å²) >= 11 is 1.37. The lowest BCUT2D eigenvalue weighted by Gasteiger charge is -2.45. The van der Waals surface area contributed by atoms with Crippen molar-refractivity contribution in [1.29, 1.82) is 0 Å². The van der Waals surface area contributed by atoms with Crippen molar-refractivity contribution in [3.63, 3.8) is 0 Å². The van der Waals surface area contributed by atoms with Crippen LogP contribution in [0.15, 0.2) is 84.1 Å². The summed E-state index contributed by atoms with van der Waals surface area (Å²) in [5.41, 5.74) is 1.82. The Morgan fingerprint density at radius 1 is 0.782 bits per heavy atom. The Bertz CT molecular complexity index is 1990. The van der Waals surface area contributed by atoms with Crippen molar-refractivity contribution >= 4 is 52.9 Å². The maximum absolute atomic E-state index is 13.5. The van der Waals surface area contributed by atoms with Crippen LogP contribution in [0.4, 0.5) is 26.7 Å². The molecule has 3 atom stereocenters. The molecule has 0 aromatic heterocycles. The number of hydrogen-bond acceptors (Lipinski definition) is 15. The molecule has 0 aliphatic carbocycles. The van der Waals surface area contributed by atoms with Crippen molar-refractivity contribution in [3.8, 4) is 0 Å². The average molecular weight is 780 g/mol. The predicted octanol–water partition coefficient (Wildman–Crippen LogP) is 5.34. The normalized spacial score (nSPS) is 16.3. The second kappa shape index (κ2) is 18.0. The minimum Gasteiger partial charge on any atom is -0.456 e. The summed E-state index contributed by atoms with van der Waals surface area (Å²) in [6.07, 6.45) is -2.43. The zero-order valence-corrected chi connectivity index (χ0v) is 29.8. The molecular formula is C35H33N5O14S. The highest BCUT2D eigenvalue weighted by molar-refractivity contribution is 7.99. The maximum atomic E-state index is 13.5. The van der Waals surface area contributed by atoms with Gasteiger partial charge in [-0.15, -0.1) is 0 Å². The highest BCUT2D eigenvalue weighted by Gasteiger charge is 2.58. The van der Waals surface area contributed by atoms with Crippen LogP contribution >= 0.6 is 11.8 Å². The van der Waals surface area contributed by atoms with E-state index in [1.165, 1.54) is 96.4 Å². The quantitative estimate of drug-likeness (QED) is 0.0453. The first-order valence-corrected chi connectivity index (χ1v) is 17.7. The predicted molar refractivity (Wildman–Crippen MR) is 191 cm³/mol. The zero-order chi connectivity index (χ0) is 39.6. The van der Waals surface area contributed by atoms with Crippen LogP contribution in [-0.4, -0.2) is 74.0 Å². The van der Waals surface area contributed by atoms with E-state index in [0.717, 1.165) is 0 Å². The lowest BCUT2D eigenvalue weighted by atomic mass is 9.83. The number of benzene rings is 3. The van der Waals surface area contributed by atoms with Crippen molar-refractivity contribution in [2.45, 2.75) is 45.3 Å². The van der Waals surface area contributed by atoms with Crippen LogP contribution in [0.1, 0.15) is 30.0 Å². The summed E-state index contributed by atoms with van der Waals surface area (Å²) in [5.74, 6) is -1.39. The third-order valence-corrected chi connectivity index (χ3v) is 9.66. The second-order valence-corrected chi connectivity index (χ2v) is 13.3. The van der Waals surface area contributed by atoms with Gasteiger partial charge in [0.25, 0.3) is 17.1 Å². The van der Waals surface area contributed by atoms with Gasteiger partial charge in [-0.2, -0.15) is 11.8 Å². The molecule has 55 heavy (non-hydrogen) atoms. The molecule has 1 saturated heterocycles. The number of nitro benzene ring substituents is 3. The van der Waals surface area contributed by atoms with E-state index >= 15 is 0 Å². The molecule has 0 bridgehead atoms. The van der Waals surface area contributed by atoms with Crippen LogP contribution in [0.25, 0.3) is 0 Å². The van der Waals surface area contributed by atoms with Gasteiger partial charge in [0, 0.05) is 54.4 Å². The Labute approximate surface area is 316 Å². The first-order chi connectivity index (χ1) is 26.3. The Kier molecular flexibility index (Phi) is 12.9. The van der Waals surface area contributed by atoms with Gasteiger partial charge in [0.1, 0.15) is 31.6 Å². The van der Waals surface area contributed by atoms with E-state index in [0.29, 0.717) is 28.0 Å². The van der Waals surface area contributed by atoms with Gasteiger partial charge in [-0.3, -0.25) is 35.1 Å². The molecule has 1 N–H and O–H groups in total.